The van der Waals surface area contributed by atoms with Crippen LogP contribution < -0.4 is 11.2 Å². The highest BCUT2D eigenvalue weighted by molar-refractivity contribution is 9.11. The summed E-state index contributed by atoms with van der Waals surface area (Å²) < 4.78 is 11.3. The molecule has 27 heavy (non-hydrogen) atoms. The summed E-state index contributed by atoms with van der Waals surface area (Å²) in [4.78, 5) is 50.4. The zero-order chi connectivity index (χ0) is 20.3. The molecule has 1 aliphatic heterocycles. The van der Waals surface area contributed by atoms with Gasteiger partial charge in [0, 0.05) is 19.5 Å². The van der Waals surface area contributed by atoms with Crippen LogP contribution in [-0.4, -0.2) is 55.9 Å². The van der Waals surface area contributed by atoms with Crippen molar-refractivity contribution in [1.82, 2.24) is 9.55 Å². The lowest BCUT2D eigenvalue weighted by Gasteiger charge is -2.22. The maximum atomic E-state index is 12.2. The minimum Gasteiger partial charge on any atom is -0.455 e. The third-order valence-corrected chi connectivity index (χ3v) is 4.30. The van der Waals surface area contributed by atoms with Gasteiger partial charge in [-0.05, 0) is 18.0 Å². The van der Waals surface area contributed by atoms with E-state index in [9.17, 15) is 29.4 Å². The molecule has 11 heteroatoms. The number of esters is 1. The van der Waals surface area contributed by atoms with E-state index >= 15 is 0 Å². The Morgan fingerprint density at radius 3 is 2.74 bits per heavy atom. The predicted molar refractivity (Wildman–Crippen MR) is 96.1 cm³/mol. The summed E-state index contributed by atoms with van der Waals surface area (Å²) in [5.41, 5.74) is -1.21. The monoisotopic (exact) mass is 446 g/mol. The number of aromatic nitrogens is 2. The molecule has 1 aliphatic rings. The second-order valence-electron chi connectivity index (χ2n) is 6.00. The first-order valence-electron chi connectivity index (χ1n) is 8.00. The van der Waals surface area contributed by atoms with Crippen molar-refractivity contribution in [2.24, 2.45) is 0 Å². The number of carbonyl (C=O) groups excluding carboxylic acids is 2. The number of rotatable bonds is 6. The first-order valence-corrected chi connectivity index (χ1v) is 8.92. The molecule has 2 unspecified atom stereocenters. The smallest absolute Gasteiger partial charge is 0.330 e. The number of nitrogens with zero attached hydrogens (tertiary/aromatic N) is 1. The average Bonchev–Trinajstić information content (AvgIpc) is 2.96. The van der Waals surface area contributed by atoms with E-state index in [1.807, 2.05) is 0 Å². The van der Waals surface area contributed by atoms with Gasteiger partial charge in [0.25, 0.3) is 5.56 Å². The predicted octanol–water partition coefficient (Wildman–Crippen LogP) is -0.568. The summed E-state index contributed by atoms with van der Waals surface area (Å²) in [5.74, 6) is -1.53. The van der Waals surface area contributed by atoms with Gasteiger partial charge in [0.15, 0.2) is 6.10 Å². The summed E-state index contributed by atoms with van der Waals surface area (Å²) in [6.07, 6.45) is -4.02. The number of ketones is 1. The Kier molecular flexibility index (Phi) is 6.87. The van der Waals surface area contributed by atoms with Gasteiger partial charge in [-0.25, -0.2) is 4.79 Å². The van der Waals surface area contributed by atoms with Crippen molar-refractivity contribution in [3.05, 3.63) is 37.6 Å². The molecule has 2 heterocycles. The number of Topliss-reactive ketones (excluding diaryl/α,β-unsaturated/α-hetero) is 1. The van der Waals surface area contributed by atoms with Crippen molar-refractivity contribution >= 4 is 33.8 Å². The van der Waals surface area contributed by atoms with Crippen molar-refractivity contribution in [3.63, 3.8) is 0 Å². The maximum absolute atomic E-state index is 12.2. The number of hydrogen-bond donors (Lipinski definition) is 3. The van der Waals surface area contributed by atoms with E-state index in [2.05, 4.69) is 20.9 Å². The maximum Gasteiger partial charge on any atom is 0.330 e. The zero-order valence-corrected chi connectivity index (χ0v) is 16.1. The molecule has 1 aromatic heterocycles. The summed E-state index contributed by atoms with van der Waals surface area (Å²) >= 11 is 3.03. The molecule has 0 saturated carbocycles. The van der Waals surface area contributed by atoms with Crippen LogP contribution in [0.1, 0.15) is 32.1 Å². The summed E-state index contributed by atoms with van der Waals surface area (Å²) in [5, 5.41) is 20.4. The number of aromatic amines is 1. The van der Waals surface area contributed by atoms with E-state index in [0.717, 1.165) is 11.5 Å². The number of hydrogen-bond acceptors (Lipinski definition) is 8. The van der Waals surface area contributed by atoms with Gasteiger partial charge in [-0.1, -0.05) is 15.9 Å². The molecule has 0 amide bonds. The van der Waals surface area contributed by atoms with Crippen LogP contribution >= 0.6 is 15.9 Å². The molecular formula is C16H19BrN2O8. The molecule has 0 radical (unpaired) electrons. The van der Waals surface area contributed by atoms with E-state index in [1.165, 1.54) is 24.2 Å². The van der Waals surface area contributed by atoms with Gasteiger partial charge in [-0.2, -0.15) is 0 Å². The molecule has 3 N–H and O–H groups in total. The molecule has 0 bridgehead atoms. The largest absolute Gasteiger partial charge is 0.455 e. The van der Waals surface area contributed by atoms with Gasteiger partial charge in [0.05, 0.1) is 11.7 Å². The Labute approximate surface area is 161 Å². The lowest BCUT2D eigenvalue weighted by atomic mass is 10.0. The minimum atomic E-state index is -1.76. The van der Waals surface area contributed by atoms with E-state index < -0.39 is 53.6 Å². The first-order chi connectivity index (χ1) is 12.6. The average molecular weight is 447 g/mol. The van der Waals surface area contributed by atoms with Gasteiger partial charge >= 0.3 is 11.7 Å². The van der Waals surface area contributed by atoms with Gasteiger partial charge in [0.1, 0.15) is 18.4 Å². The van der Waals surface area contributed by atoms with Crippen molar-refractivity contribution in [2.75, 3.05) is 0 Å². The molecule has 1 aromatic rings. The molecule has 1 fully saturated rings. The fourth-order valence-electron chi connectivity index (χ4n) is 2.74. The van der Waals surface area contributed by atoms with Crippen molar-refractivity contribution < 1.29 is 29.3 Å². The van der Waals surface area contributed by atoms with E-state index in [-0.39, 0.29) is 12.0 Å². The number of aliphatic hydroxyl groups excluding tert-OH is 2. The Balaban J connectivity index is 2.22. The van der Waals surface area contributed by atoms with Crippen molar-refractivity contribution in [1.29, 1.82) is 0 Å². The molecule has 2 rings (SSSR count). The number of aliphatic hydroxyl groups is 2. The van der Waals surface area contributed by atoms with Gasteiger partial charge in [-0.15, -0.1) is 0 Å². The molecule has 0 aromatic carbocycles. The minimum absolute atomic E-state index is 0.0969. The van der Waals surface area contributed by atoms with Gasteiger partial charge in [-0.3, -0.25) is 23.9 Å². The van der Waals surface area contributed by atoms with Crippen molar-refractivity contribution in [2.45, 2.75) is 50.9 Å². The quantitative estimate of drug-likeness (QED) is 0.492. The SMILES string of the molecule is CC(=O)OC(C)C(=O)C(O)[C@H]1O[C@@H](n2cc(C=CBr)c(=O)[nH]c2=O)C[C@@H]1O. The van der Waals surface area contributed by atoms with Gasteiger partial charge < -0.3 is 19.7 Å². The molecule has 10 nitrogen and oxygen atoms in total. The standard InChI is InChI=1S/C16H19BrN2O8/c1-7(26-8(2)20)12(22)13(23)14-10(21)5-11(27-14)19-6-9(3-4-17)15(24)18-16(19)25/h3-4,6-7,10-11,13-14,21,23H,5H2,1-2H3,(H,18,24,25)/t7?,10-,11+,13?,14-/m0/s1. The van der Waals surface area contributed by atoms with Crippen LogP contribution in [0.5, 0.6) is 0 Å². The first kappa shape index (κ1) is 21.2. The highest BCUT2D eigenvalue weighted by atomic mass is 79.9. The van der Waals surface area contributed by atoms with Crippen molar-refractivity contribution in [3.8, 4) is 0 Å². The van der Waals surface area contributed by atoms with Crippen LogP contribution in [0.25, 0.3) is 6.08 Å². The molecule has 148 valence electrons. The van der Waals surface area contributed by atoms with E-state index in [4.69, 9.17) is 9.47 Å². The lowest BCUT2D eigenvalue weighted by Crippen LogP contribution is -2.45. The molecule has 0 spiro atoms. The second-order valence-corrected chi connectivity index (χ2v) is 6.53. The number of H-pyrrole nitrogens is 1. The summed E-state index contributed by atoms with van der Waals surface area (Å²) in [7, 11) is 0. The highest BCUT2D eigenvalue weighted by Gasteiger charge is 2.43. The van der Waals surface area contributed by atoms with Crippen LogP contribution in [0, 0.1) is 0 Å². The Morgan fingerprint density at radius 1 is 1.48 bits per heavy atom. The van der Waals surface area contributed by atoms with Crippen LogP contribution in [-0.2, 0) is 19.1 Å². The molecule has 0 aliphatic carbocycles. The topological polar surface area (TPSA) is 148 Å². The third kappa shape index (κ3) is 4.80. The number of carbonyl (C=O) groups is 2. The fraction of sp³-hybridized carbons (Fsp3) is 0.500. The third-order valence-electron chi connectivity index (χ3n) is 4.03. The van der Waals surface area contributed by atoms with E-state index in [0.29, 0.717) is 0 Å². The Hall–Kier alpha value is -2.08. The lowest BCUT2D eigenvalue weighted by molar-refractivity contribution is -0.161. The second kappa shape index (κ2) is 8.74. The zero-order valence-electron chi connectivity index (χ0n) is 14.5. The van der Waals surface area contributed by atoms with E-state index in [1.54, 1.807) is 0 Å². The van der Waals surface area contributed by atoms with Gasteiger partial charge in [0.2, 0.25) is 5.78 Å². The molecule has 1 saturated heterocycles. The normalized spacial score (nSPS) is 24.7. The molecular weight excluding hydrogens is 428 g/mol. The van der Waals surface area contributed by atoms with Crippen LogP contribution in [0.15, 0.2) is 20.8 Å². The number of nitrogens with one attached hydrogen (secondary N) is 1. The van der Waals surface area contributed by atoms with Crippen LogP contribution in [0.3, 0.4) is 0 Å². The fourth-order valence-corrected chi connectivity index (χ4v) is 3.03. The molecule has 5 atom stereocenters. The Morgan fingerprint density at radius 2 is 2.15 bits per heavy atom. The van der Waals surface area contributed by atoms with Crippen LogP contribution in [0.2, 0.25) is 0 Å². The summed E-state index contributed by atoms with van der Waals surface area (Å²) in [6, 6.07) is 0. The Bertz CT molecular complexity index is 861. The summed E-state index contributed by atoms with van der Waals surface area (Å²) in [6.45, 7) is 2.41. The number of halogens is 1. The highest BCUT2D eigenvalue weighted by Crippen LogP contribution is 2.30. The number of ether oxygens (including phenoxy) is 2. The van der Waals surface area contributed by atoms with Crippen LogP contribution in [0.4, 0.5) is 0 Å².